The second-order valence-electron chi connectivity index (χ2n) is 7.39. The predicted molar refractivity (Wildman–Crippen MR) is 113 cm³/mol. The highest BCUT2D eigenvalue weighted by molar-refractivity contribution is 6.21. The molecular formula is C23H24N2O6. The zero-order chi connectivity index (χ0) is 22.7. The van der Waals surface area contributed by atoms with Gasteiger partial charge in [0.1, 0.15) is 5.75 Å². The zero-order valence-electron chi connectivity index (χ0n) is 17.9. The van der Waals surface area contributed by atoms with Crippen LogP contribution in [0, 0.1) is 13.8 Å². The summed E-state index contributed by atoms with van der Waals surface area (Å²) in [5.74, 6) is -1.60. The molecule has 0 aromatic heterocycles. The summed E-state index contributed by atoms with van der Waals surface area (Å²) in [4.78, 5) is 50.5. The summed E-state index contributed by atoms with van der Waals surface area (Å²) in [5.41, 5.74) is 2.92. The molecular weight excluding hydrogens is 400 g/mol. The molecule has 2 aromatic rings. The lowest BCUT2D eigenvalue weighted by atomic mass is 10.1. The molecule has 1 aliphatic rings. The summed E-state index contributed by atoms with van der Waals surface area (Å²) in [5, 5.41) is 2.68. The molecule has 0 aliphatic carbocycles. The molecule has 1 heterocycles. The fraction of sp³-hybridized carbons (Fsp3) is 0.304. The molecule has 8 nitrogen and oxygen atoms in total. The number of ether oxygens (including phenoxy) is 2. The van der Waals surface area contributed by atoms with E-state index < -0.39 is 29.8 Å². The Balaban J connectivity index is 1.55. The quantitative estimate of drug-likeness (QED) is 0.542. The monoisotopic (exact) mass is 424 g/mol. The number of fused-ring (bicyclic) bond motifs is 1. The number of carbonyl (C=O) groups excluding carboxylic acids is 4. The second-order valence-corrected chi connectivity index (χ2v) is 7.39. The summed E-state index contributed by atoms with van der Waals surface area (Å²) < 4.78 is 10.4. The molecule has 162 valence electrons. The highest BCUT2D eigenvalue weighted by Crippen LogP contribution is 2.26. The van der Waals surface area contributed by atoms with E-state index in [9.17, 15) is 19.2 Å². The fourth-order valence-corrected chi connectivity index (χ4v) is 3.27. The number of rotatable bonds is 7. The molecule has 0 radical (unpaired) electrons. The Morgan fingerprint density at radius 1 is 1.00 bits per heavy atom. The average molecular weight is 424 g/mol. The van der Waals surface area contributed by atoms with Crippen molar-refractivity contribution >= 4 is 29.4 Å². The Morgan fingerprint density at radius 3 is 2.35 bits per heavy atom. The third-order valence-corrected chi connectivity index (χ3v) is 4.96. The van der Waals surface area contributed by atoms with Gasteiger partial charge in [-0.05, 0) is 50.6 Å². The minimum absolute atomic E-state index is 0.121. The molecule has 0 spiro atoms. The van der Waals surface area contributed by atoms with E-state index in [2.05, 4.69) is 5.32 Å². The molecule has 31 heavy (non-hydrogen) atoms. The molecule has 1 N–H and O–H groups in total. The average Bonchev–Trinajstić information content (AvgIpc) is 2.96. The molecule has 0 fully saturated rings. The maximum absolute atomic E-state index is 12.5. The van der Waals surface area contributed by atoms with Gasteiger partial charge < -0.3 is 14.8 Å². The number of hydrogen-bond acceptors (Lipinski definition) is 6. The van der Waals surface area contributed by atoms with Crippen LogP contribution in [0.5, 0.6) is 5.75 Å². The van der Waals surface area contributed by atoms with Gasteiger partial charge in [0.05, 0.1) is 30.3 Å². The van der Waals surface area contributed by atoms with E-state index in [0.717, 1.165) is 16.0 Å². The van der Waals surface area contributed by atoms with Crippen molar-refractivity contribution in [2.24, 2.45) is 0 Å². The lowest BCUT2D eigenvalue weighted by molar-refractivity contribution is -0.153. The number of carbonyl (C=O) groups is 4. The first kappa shape index (κ1) is 22.0. The lowest BCUT2D eigenvalue weighted by Gasteiger charge is -2.17. The molecule has 0 saturated carbocycles. The number of amides is 3. The normalized spacial score (nSPS) is 13.6. The molecule has 1 aliphatic heterocycles. The van der Waals surface area contributed by atoms with E-state index in [-0.39, 0.29) is 13.0 Å². The maximum atomic E-state index is 12.5. The van der Waals surface area contributed by atoms with Crippen LogP contribution in [-0.2, 0) is 14.3 Å². The molecule has 2 aromatic carbocycles. The Morgan fingerprint density at radius 2 is 1.65 bits per heavy atom. The number of benzene rings is 2. The van der Waals surface area contributed by atoms with Crippen molar-refractivity contribution in [1.29, 1.82) is 0 Å². The Kier molecular flexibility index (Phi) is 6.39. The second kappa shape index (κ2) is 8.99. The topological polar surface area (TPSA) is 102 Å². The first-order chi connectivity index (χ1) is 14.7. The number of nitrogens with one attached hydrogen (secondary N) is 1. The van der Waals surface area contributed by atoms with Crippen LogP contribution in [-0.4, -0.2) is 48.3 Å². The van der Waals surface area contributed by atoms with E-state index in [1.54, 1.807) is 30.3 Å². The van der Waals surface area contributed by atoms with Crippen molar-refractivity contribution in [3.8, 4) is 5.75 Å². The van der Waals surface area contributed by atoms with Crippen LogP contribution in [0.3, 0.4) is 0 Å². The van der Waals surface area contributed by atoms with Gasteiger partial charge in [0.15, 0.2) is 6.10 Å². The van der Waals surface area contributed by atoms with Crippen molar-refractivity contribution in [2.45, 2.75) is 33.3 Å². The third kappa shape index (κ3) is 4.74. The van der Waals surface area contributed by atoms with Crippen LogP contribution < -0.4 is 10.1 Å². The van der Waals surface area contributed by atoms with Gasteiger partial charge in [0, 0.05) is 6.54 Å². The minimum atomic E-state index is -1.07. The van der Waals surface area contributed by atoms with Gasteiger partial charge >= 0.3 is 5.97 Å². The van der Waals surface area contributed by atoms with E-state index >= 15 is 0 Å². The van der Waals surface area contributed by atoms with Gasteiger partial charge in [-0.1, -0.05) is 17.7 Å². The summed E-state index contributed by atoms with van der Waals surface area (Å²) in [6.07, 6.45) is -1.28. The van der Waals surface area contributed by atoms with Gasteiger partial charge in [-0.25, -0.2) is 0 Å². The van der Waals surface area contributed by atoms with Crippen LogP contribution in [0.1, 0.15) is 45.2 Å². The Labute approximate surface area is 180 Å². The van der Waals surface area contributed by atoms with Crippen LogP contribution in [0.15, 0.2) is 36.4 Å². The van der Waals surface area contributed by atoms with Gasteiger partial charge in [0.2, 0.25) is 0 Å². The van der Waals surface area contributed by atoms with E-state index in [4.69, 9.17) is 9.47 Å². The first-order valence-corrected chi connectivity index (χ1v) is 9.83. The van der Waals surface area contributed by atoms with Crippen LogP contribution >= 0.6 is 0 Å². The summed E-state index contributed by atoms with van der Waals surface area (Å²) in [7, 11) is 1.49. The highest BCUT2D eigenvalue weighted by Gasteiger charge is 2.35. The number of anilines is 1. The minimum Gasteiger partial charge on any atom is -0.495 e. The van der Waals surface area contributed by atoms with Gasteiger partial charge in [-0.15, -0.1) is 0 Å². The smallest absolute Gasteiger partial charge is 0.308 e. The van der Waals surface area contributed by atoms with Crippen molar-refractivity contribution in [1.82, 2.24) is 4.90 Å². The van der Waals surface area contributed by atoms with Crippen LogP contribution in [0.4, 0.5) is 5.69 Å². The lowest BCUT2D eigenvalue weighted by Crippen LogP contribution is -2.34. The number of esters is 1. The molecule has 8 heteroatoms. The molecule has 3 rings (SSSR count). The Hall–Kier alpha value is -3.68. The SMILES string of the molecule is COc1ccc(C)cc1NC(=O)C(C)OC(=O)CCN1C(=O)c2ccc(C)cc2C1=O. The summed E-state index contributed by atoms with van der Waals surface area (Å²) >= 11 is 0. The number of hydrogen-bond donors (Lipinski definition) is 1. The number of imide groups is 1. The predicted octanol–water partition coefficient (Wildman–Crippen LogP) is 2.87. The summed E-state index contributed by atoms with van der Waals surface area (Å²) in [6, 6.07) is 10.3. The summed E-state index contributed by atoms with van der Waals surface area (Å²) in [6.45, 7) is 5.03. The van der Waals surface area contributed by atoms with Crippen molar-refractivity contribution in [3.63, 3.8) is 0 Å². The largest absolute Gasteiger partial charge is 0.495 e. The fourth-order valence-electron chi connectivity index (χ4n) is 3.27. The third-order valence-electron chi connectivity index (χ3n) is 4.96. The number of nitrogens with zero attached hydrogens (tertiary/aromatic N) is 1. The van der Waals surface area contributed by atoms with E-state index in [1.807, 2.05) is 19.9 Å². The van der Waals surface area contributed by atoms with E-state index in [0.29, 0.717) is 22.6 Å². The van der Waals surface area contributed by atoms with Crippen molar-refractivity contribution in [3.05, 3.63) is 58.7 Å². The Bertz CT molecular complexity index is 1060. The molecule has 1 unspecified atom stereocenters. The highest BCUT2D eigenvalue weighted by atomic mass is 16.5. The van der Waals surface area contributed by atoms with Gasteiger partial charge in [-0.3, -0.25) is 24.1 Å². The van der Waals surface area contributed by atoms with Crippen LogP contribution in [0.25, 0.3) is 0 Å². The number of methoxy groups -OCH3 is 1. The molecule has 0 bridgehead atoms. The van der Waals surface area contributed by atoms with Gasteiger partial charge in [-0.2, -0.15) is 0 Å². The molecule has 3 amide bonds. The zero-order valence-corrected chi connectivity index (χ0v) is 17.9. The van der Waals surface area contributed by atoms with Gasteiger partial charge in [0.25, 0.3) is 17.7 Å². The van der Waals surface area contributed by atoms with E-state index in [1.165, 1.54) is 14.0 Å². The molecule has 1 atom stereocenters. The molecule has 0 saturated heterocycles. The van der Waals surface area contributed by atoms with Crippen molar-refractivity contribution < 1.29 is 28.7 Å². The number of aryl methyl sites for hydroxylation is 2. The standard InChI is InChI=1S/C23H24N2O6/c1-13-5-7-16-17(11-13)23(29)25(22(16)28)10-9-20(26)31-15(3)21(27)24-18-12-14(2)6-8-19(18)30-4/h5-8,11-12,15H,9-10H2,1-4H3,(H,24,27). The first-order valence-electron chi connectivity index (χ1n) is 9.83. The van der Waals surface area contributed by atoms with Crippen molar-refractivity contribution in [2.75, 3.05) is 19.0 Å². The van der Waals surface area contributed by atoms with Crippen LogP contribution in [0.2, 0.25) is 0 Å². The maximum Gasteiger partial charge on any atom is 0.308 e.